The molecule has 0 aliphatic carbocycles. The minimum absolute atomic E-state index is 0.0589. The smallest absolute Gasteiger partial charge is 0.222 e. The number of nitrogens with zero attached hydrogens (tertiary/aromatic N) is 6. The fraction of sp³-hybridized carbons (Fsp3) is 0.385. The molecule has 9 heteroatoms. The van der Waals surface area contributed by atoms with Crippen molar-refractivity contribution in [3.63, 3.8) is 0 Å². The number of halogens is 2. The van der Waals surface area contributed by atoms with Gasteiger partial charge in [0.15, 0.2) is 17.5 Å². The van der Waals surface area contributed by atoms with Crippen LogP contribution in [0.15, 0.2) is 6.07 Å². The van der Waals surface area contributed by atoms with Crippen molar-refractivity contribution >= 4 is 22.5 Å². The van der Waals surface area contributed by atoms with Crippen LogP contribution in [-0.2, 0) is 0 Å². The largest absolute Gasteiger partial charge is 0.351 e. The summed E-state index contributed by atoms with van der Waals surface area (Å²) in [5.41, 5.74) is 0.935. The second kappa shape index (κ2) is 4.80. The standard InChI is InChI=1S/C13H13F2N7/c1-7-6-8-11(10(15)9(7)14)17-12(13-18-19-20-22(8)13)21-4-2-16-3-5-21/h6,16H,2-5H2,1H3. The Labute approximate surface area is 123 Å². The first-order valence-corrected chi connectivity index (χ1v) is 6.99. The summed E-state index contributed by atoms with van der Waals surface area (Å²) in [5.74, 6) is -1.39. The van der Waals surface area contributed by atoms with E-state index in [4.69, 9.17) is 0 Å². The lowest BCUT2D eigenvalue weighted by atomic mass is 10.2. The Morgan fingerprint density at radius 1 is 1.18 bits per heavy atom. The maximum absolute atomic E-state index is 14.3. The van der Waals surface area contributed by atoms with Crippen LogP contribution in [0.3, 0.4) is 0 Å². The SMILES string of the molecule is Cc1cc2c(nc(N3CCNCC3)c3nnnn32)c(F)c1F. The van der Waals surface area contributed by atoms with Gasteiger partial charge in [-0.05, 0) is 29.0 Å². The number of aryl methyl sites for hydroxylation is 1. The van der Waals surface area contributed by atoms with Gasteiger partial charge in [-0.2, -0.15) is 4.52 Å². The van der Waals surface area contributed by atoms with Crippen molar-refractivity contribution < 1.29 is 8.78 Å². The first-order valence-electron chi connectivity index (χ1n) is 6.99. The highest BCUT2D eigenvalue weighted by molar-refractivity contribution is 5.83. The van der Waals surface area contributed by atoms with Crippen molar-refractivity contribution in [1.29, 1.82) is 0 Å². The summed E-state index contributed by atoms with van der Waals surface area (Å²) in [6.45, 7) is 4.49. The zero-order valence-corrected chi connectivity index (χ0v) is 11.8. The summed E-state index contributed by atoms with van der Waals surface area (Å²) in [5, 5.41) is 14.8. The number of benzene rings is 1. The summed E-state index contributed by atoms with van der Waals surface area (Å²) in [6.07, 6.45) is 0. The first-order chi connectivity index (χ1) is 10.7. The van der Waals surface area contributed by atoms with Crippen LogP contribution < -0.4 is 10.2 Å². The molecule has 3 aromatic rings. The molecule has 0 atom stereocenters. The molecule has 1 aliphatic heterocycles. The maximum Gasteiger partial charge on any atom is 0.222 e. The molecule has 0 unspecified atom stereocenters. The van der Waals surface area contributed by atoms with E-state index in [1.165, 1.54) is 17.5 Å². The number of piperazine rings is 1. The van der Waals surface area contributed by atoms with Gasteiger partial charge >= 0.3 is 0 Å². The lowest BCUT2D eigenvalue weighted by Gasteiger charge is -2.28. The van der Waals surface area contributed by atoms with Crippen molar-refractivity contribution in [2.45, 2.75) is 6.92 Å². The zero-order valence-electron chi connectivity index (χ0n) is 11.8. The molecule has 0 amide bonds. The second-order valence-corrected chi connectivity index (χ2v) is 5.28. The zero-order chi connectivity index (χ0) is 15.3. The van der Waals surface area contributed by atoms with Crippen LogP contribution in [0.1, 0.15) is 5.56 Å². The van der Waals surface area contributed by atoms with Crippen LogP contribution >= 0.6 is 0 Å². The fourth-order valence-corrected chi connectivity index (χ4v) is 2.73. The third kappa shape index (κ3) is 1.82. The Kier molecular flexibility index (Phi) is 2.89. The van der Waals surface area contributed by atoms with E-state index >= 15 is 0 Å². The summed E-state index contributed by atoms with van der Waals surface area (Å²) in [6, 6.07) is 1.51. The number of anilines is 1. The highest BCUT2D eigenvalue weighted by atomic mass is 19.2. The van der Waals surface area contributed by atoms with E-state index in [1.807, 2.05) is 4.90 Å². The minimum Gasteiger partial charge on any atom is -0.351 e. The highest BCUT2D eigenvalue weighted by Crippen LogP contribution is 2.27. The summed E-state index contributed by atoms with van der Waals surface area (Å²) in [7, 11) is 0. The molecular formula is C13H13F2N7. The van der Waals surface area contributed by atoms with Gasteiger partial charge < -0.3 is 10.2 Å². The molecular weight excluding hydrogens is 292 g/mol. The van der Waals surface area contributed by atoms with Gasteiger partial charge in [0.1, 0.15) is 5.52 Å². The van der Waals surface area contributed by atoms with Crippen molar-refractivity contribution in [2.75, 3.05) is 31.1 Å². The van der Waals surface area contributed by atoms with E-state index in [0.29, 0.717) is 30.1 Å². The minimum atomic E-state index is -0.969. The lowest BCUT2D eigenvalue weighted by Crippen LogP contribution is -2.44. The second-order valence-electron chi connectivity index (χ2n) is 5.28. The molecule has 1 aromatic carbocycles. The Bertz CT molecular complexity index is 870. The fourth-order valence-electron chi connectivity index (χ4n) is 2.73. The molecule has 3 heterocycles. The van der Waals surface area contributed by atoms with Crippen LogP contribution in [-0.4, -0.2) is 51.2 Å². The van der Waals surface area contributed by atoms with E-state index < -0.39 is 11.6 Å². The molecule has 1 N–H and O–H groups in total. The van der Waals surface area contributed by atoms with E-state index in [-0.39, 0.29) is 11.1 Å². The topological polar surface area (TPSA) is 71.2 Å². The first kappa shape index (κ1) is 13.3. The number of nitrogens with one attached hydrogen (secondary N) is 1. The normalized spacial score (nSPS) is 15.9. The molecule has 4 rings (SSSR count). The van der Waals surface area contributed by atoms with Crippen molar-refractivity contribution in [1.82, 2.24) is 30.3 Å². The number of rotatable bonds is 1. The summed E-state index contributed by atoms with van der Waals surface area (Å²) >= 11 is 0. The van der Waals surface area contributed by atoms with Gasteiger partial charge in [-0.15, -0.1) is 5.10 Å². The highest BCUT2D eigenvalue weighted by Gasteiger charge is 2.22. The molecule has 114 valence electrons. The van der Waals surface area contributed by atoms with E-state index in [9.17, 15) is 8.78 Å². The van der Waals surface area contributed by atoms with Gasteiger partial charge in [-0.25, -0.2) is 13.8 Å². The quantitative estimate of drug-likeness (QED) is 0.712. The molecule has 1 aliphatic rings. The monoisotopic (exact) mass is 305 g/mol. The van der Waals surface area contributed by atoms with E-state index in [1.54, 1.807) is 0 Å². The third-order valence-electron chi connectivity index (χ3n) is 3.87. The number of aromatic nitrogens is 5. The molecule has 0 bridgehead atoms. The van der Waals surface area contributed by atoms with Crippen LogP contribution in [0, 0.1) is 18.6 Å². The van der Waals surface area contributed by atoms with E-state index in [0.717, 1.165) is 13.1 Å². The van der Waals surface area contributed by atoms with Crippen molar-refractivity contribution in [2.24, 2.45) is 0 Å². The summed E-state index contributed by atoms with van der Waals surface area (Å²) in [4.78, 5) is 6.29. The average Bonchev–Trinajstić information content (AvgIpc) is 3.03. The van der Waals surface area contributed by atoms with E-state index in [2.05, 4.69) is 25.8 Å². The molecule has 1 saturated heterocycles. The number of hydrogen-bond donors (Lipinski definition) is 1. The van der Waals surface area contributed by atoms with Gasteiger partial charge in [0.2, 0.25) is 5.65 Å². The van der Waals surface area contributed by atoms with Gasteiger partial charge in [-0.1, -0.05) is 0 Å². The molecule has 2 aromatic heterocycles. The predicted octanol–water partition coefficient (Wildman–Crippen LogP) is 0.669. The number of fused-ring (bicyclic) bond motifs is 3. The van der Waals surface area contributed by atoms with Gasteiger partial charge in [0.05, 0.1) is 5.52 Å². The van der Waals surface area contributed by atoms with Crippen LogP contribution in [0.4, 0.5) is 14.6 Å². The maximum atomic E-state index is 14.3. The molecule has 0 saturated carbocycles. The Hall–Kier alpha value is -2.42. The molecule has 0 radical (unpaired) electrons. The predicted molar refractivity (Wildman–Crippen MR) is 75.8 cm³/mol. The Morgan fingerprint density at radius 2 is 1.95 bits per heavy atom. The Morgan fingerprint density at radius 3 is 2.73 bits per heavy atom. The third-order valence-corrected chi connectivity index (χ3v) is 3.87. The molecule has 0 spiro atoms. The van der Waals surface area contributed by atoms with Crippen molar-refractivity contribution in [3.05, 3.63) is 23.3 Å². The molecule has 22 heavy (non-hydrogen) atoms. The van der Waals surface area contributed by atoms with Crippen LogP contribution in [0.2, 0.25) is 0 Å². The molecule has 7 nitrogen and oxygen atoms in total. The number of hydrogen-bond acceptors (Lipinski definition) is 6. The Balaban J connectivity index is 2.05. The number of tetrazole rings is 1. The molecule has 1 fully saturated rings. The summed E-state index contributed by atoms with van der Waals surface area (Å²) < 4.78 is 29.6. The van der Waals surface area contributed by atoms with Gasteiger partial charge in [-0.3, -0.25) is 0 Å². The van der Waals surface area contributed by atoms with Gasteiger partial charge in [0.25, 0.3) is 0 Å². The van der Waals surface area contributed by atoms with Gasteiger partial charge in [0, 0.05) is 26.2 Å². The van der Waals surface area contributed by atoms with Crippen LogP contribution in [0.25, 0.3) is 16.7 Å². The average molecular weight is 305 g/mol. The lowest BCUT2D eigenvalue weighted by molar-refractivity contribution is 0.509. The van der Waals surface area contributed by atoms with Crippen molar-refractivity contribution in [3.8, 4) is 0 Å². The van der Waals surface area contributed by atoms with Crippen LogP contribution in [0.5, 0.6) is 0 Å².